The van der Waals surface area contributed by atoms with Gasteiger partial charge in [-0.25, -0.2) is 9.37 Å². The van der Waals surface area contributed by atoms with E-state index in [1.807, 2.05) is 4.57 Å². The Morgan fingerprint density at radius 3 is 2.86 bits per heavy atom. The number of imidazole rings is 1. The van der Waals surface area contributed by atoms with Crippen LogP contribution in [0.3, 0.4) is 0 Å². The summed E-state index contributed by atoms with van der Waals surface area (Å²) in [5, 5.41) is 2.91. The van der Waals surface area contributed by atoms with Gasteiger partial charge < -0.3 is 24.1 Å². The largest absolute Gasteiger partial charge is 0.454 e. The predicted octanol–water partition coefficient (Wildman–Crippen LogP) is 2.75. The molecule has 0 fully saturated rings. The number of carbonyl (C=O) groups is 1. The lowest BCUT2D eigenvalue weighted by Gasteiger charge is -2.26. The quantitative estimate of drug-likeness (QED) is 0.735. The van der Waals surface area contributed by atoms with Gasteiger partial charge in [-0.15, -0.1) is 0 Å². The van der Waals surface area contributed by atoms with Gasteiger partial charge in [0.15, 0.2) is 11.5 Å². The molecule has 1 atom stereocenters. The van der Waals surface area contributed by atoms with Gasteiger partial charge in [0.2, 0.25) is 6.79 Å². The monoisotopic (exact) mass is 395 g/mol. The fourth-order valence-corrected chi connectivity index (χ4v) is 3.50. The fourth-order valence-electron chi connectivity index (χ4n) is 3.50. The molecule has 0 aliphatic carbocycles. The highest BCUT2D eigenvalue weighted by atomic mass is 19.1. The van der Waals surface area contributed by atoms with Crippen LogP contribution < -0.4 is 14.8 Å². The van der Waals surface area contributed by atoms with Crippen molar-refractivity contribution >= 4 is 5.91 Å². The van der Waals surface area contributed by atoms with Crippen LogP contribution in [-0.2, 0) is 17.9 Å². The lowest BCUT2D eigenvalue weighted by atomic mass is 10.1. The first kappa shape index (κ1) is 17.7. The summed E-state index contributed by atoms with van der Waals surface area (Å²) >= 11 is 0. The number of benzene rings is 2. The van der Waals surface area contributed by atoms with Crippen molar-refractivity contribution in [3.05, 3.63) is 65.9 Å². The van der Waals surface area contributed by atoms with Gasteiger partial charge in [-0.1, -0.05) is 0 Å². The molecule has 0 saturated heterocycles. The van der Waals surface area contributed by atoms with Gasteiger partial charge in [0.1, 0.15) is 18.2 Å². The van der Waals surface area contributed by atoms with Crippen LogP contribution in [-0.4, -0.2) is 34.9 Å². The van der Waals surface area contributed by atoms with Crippen LogP contribution in [0, 0.1) is 5.82 Å². The lowest BCUT2D eigenvalue weighted by molar-refractivity contribution is 0.00374. The number of ether oxygens (including phenoxy) is 3. The molecule has 0 radical (unpaired) electrons. The minimum atomic E-state index is -0.278. The van der Waals surface area contributed by atoms with Crippen LogP contribution in [0.4, 0.5) is 4.39 Å². The fraction of sp³-hybridized carbons (Fsp3) is 0.238. The van der Waals surface area contributed by atoms with E-state index in [4.69, 9.17) is 14.2 Å². The minimum Gasteiger partial charge on any atom is -0.454 e. The van der Waals surface area contributed by atoms with E-state index < -0.39 is 0 Å². The molecule has 7 nitrogen and oxygen atoms in total. The van der Waals surface area contributed by atoms with Gasteiger partial charge in [0.25, 0.3) is 5.91 Å². The number of fused-ring (bicyclic) bond motifs is 2. The maximum Gasteiger partial charge on any atom is 0.251 e. The van der Waals surface area contributed by atoms with Gasteiger partial charge in [-0.3, -0.25) is 4.79 Å². The molecule has 2 aromatic carbocycles. The molecule has 0 unspecified atom stereocenters. The standard InChI is InChI=1S/C21H18FN3O4/c22-15-4-1-13(2-5-15)17-9-23-20-11-27-16(10-25(17)20)8-24-21(26)14-3-6-18-19(7-14)29-12-28-18/h1-7,9,16H,8,10-12H2,(H,24,26)/t16-/m0/s1. The Morgan fingerprint density at radius 2 is 2.00 bits per heavy atom. The van der Waals surface area contributed by atoms with Crippen molar-refractivity contribution in [1.29, 1.82) is 0 Å². The van der Waals surface area contributed by atoms with Gasteiger partial charge in [0.05, 0.1) is 24.5 Å². The van der Waals surface area contributed by atoms with Crippen molar-refractivity contribution in [2.45, 2.75) is 19.3 Å². The van der Waals surface area contributed by atoms with Crippen molar-refractivity contribution in [1.82, 2.24) is 14.9 Å². The normalized spacial score (nSPS) is 17.1. The second-order valence-electron chi connectivity index (χ2n) is 6.89. The molecule has 2 aliphatic rings. The summed E-state index contributed by atoms with van der Waals surface area (Å²) in [5.74, 6) is 1.53. The number of amides is 1. The summed E-state index contributed by atoms with van der Waals surface area (Å²) in [6, 6.07) is 11.4. The van der Waals surface area contributed by atoms with E-state index in [2.05, 4.69) is 10.3 Å². The van der Waals surface area contributed by atoms with E-state index in [9.17, 15) is 9.18 Å². The smallest absolute Gasteiger partial charge is 0.251 e. The number of nitrogens with one attached hydrogen (secondary N) is 1. The van der Waals surface area contributed by atoms with Crippen molar-refractivity contribution in [2.75, 3.05) is 13.3 Å². The Labute approximate surface area is 166 Å². The lowest BCUT2D eigenvalue weighted by Crippen LogP contribution is -2.39. The summed E-state index contributed by atoms with van der Waals surface area (Å²) < 4.78 is 31.7. The molecule has 1 amide bonds. The molecule has 0 bridgehead atoms. The van der Waals surface area contributed by atoms with E-state index in [-0.39, 0.29) is 24.6 Å². The van der Waals surface area contributed by atoms with E-state index in [1.165, 1.54) is 12.1 Å². The van der Waals surface area contributed by atoms with Crippen molar-refractivity contribution in [3.8, 4) is 22.8 Å². The highest BCUT2D eigenvalue weighted by Crippen LogP contribution is 2.32. The third-order valence-corrected chi connectivity index (χ3v) is 5.04. The molecule has 2 aliphatic heterocycles. The molecule has 3 heterocycles. The van der Waals surface area contributed by atoms with E-state index in [0.29, 0.717) is 36.8 Å². The van der Waals surface area contributed by atoms with Crippen LogP contribution in [0.2, 0.25) is 0 Å². The SMILES string of the molecule is O=C(NC[C@H]1Cn2c(-c3ccc(F)cc3)cnc2CO1)c1ccc2c(c1)OCO2. The first-order valence-corrected chi connectivity index (χ1v) is 9.27. The van der Waals surface area contributed by atoms with Gasteiger partial charge >= 0.3 is 0 Å². The Bertz CT molecular complexity index is 1060. The van der Waals surface area contributed by atoms with E-state index in [1.54, 1.807) is 36.5 Å². The molecule has 0 saturated carbocycles. The van der Waals surface area contributed by atoms with Gasteiger partial charge in [-0.2, -0.15) is 0 Å². The van der Waals surface area contributed by atoms with Crippen molar-refractivity contribution in [2.24, 2.45) is 0 Å². The minimum absolute atomic E-state index is 0.167. The van der Waals surface area contributed by atoms with Crippen LogP contribution in [0.15, 0.2) is 48.7 Å². The van der Waals surface area contributed by atoms with Crippen LogP contribution in [0.1, 0.15) is 16.2 Å². The summed E-state index contributed by atoms with van der Waals surface area (Å²) in [6.45, 7) is 1.42. The zero-order valence-corrected chi connectivity index (χ0v) is 15.4. The Balaban J connectivity index is 1.26. The van der Waals surface area contributed by atoms with E-state index in [0.717, 1.165) is 17.1 Å². The zero-order chi connectivity index (χ0) is 19.8. The second kappa shape index (κ2) is 7.21. The molecule has 8 heteroatoms. The number of carbonyl (C=O) groups excluding carboxylic acids is 1. The maximum absolute atomic E-state index is 13.2. The summed E-state index contributed by atoms with van der Waals surface area (Å²) in [7, 11) is 0. The number of rotatable bonds is 4. The highest BCUT2D eigenvalue weighted by Gasteiger charge is 2.24. The molecule has 0 spiro atoms. The van der Waals surface area contributed by atoms with Crippen molar-refractivity contribution in [3.63, 3.8) is 0 Å². The highest BCUT2D eigenvalue weighted by molar-refractivity contribution is 5.94. The zero-order valence-electron chi connectivity index (χ0n) is 15.4. The average Bonchev–Trinajstić information content (AvgIpc) is 3.38. The molecule has 148 valence electrons. The maximum atomic E-state index is 13.2. The first-order valence-electron chi connectivity index (χ1n) is 9.27. The average molecular weight is 395 g/mol. The third kappa shape index (κ3) is 3.42. The first-order chi connectivity index (χ1) is 14.2. The van der Waals surface area contributed by atoms with Crippen LogP contribution >= 0.6 is 0 Å². The molecule has 3 aromatic rings. The molecular formula is C21H18FN3O4. The molecule has 1 N–H and O–H groups in total. The van der Waals surface area contributed by atoms with Crippen LogP contribution in [0.25, 0.3) is 11.3 Å². The number of hydrogen-bond donors (Lipinski definition) is 1. The third-order valence-electron chi connectivity index (χ3n) is 5.04. The molecule has 29 heavy (non-hydrogen) atoms. The summed E-state index contributed by atoms with van der Waals surface area (Å²) in [5.41, 5.74) is 2.28. The molecular weight excluding hydrogens is 377 g/mol. The number of aromatic nitrogens is 2. The summed E-state index contributed by atoms with van der Waals surface area (Å²) in [4.78, 5) is 16.9. The number of hydrogen-bond acceptors (Lipinski definition) is 5. The second-order valence-corrected chi connectivity index (χ2v) is 6.89. The van der Waals surface area contributed by atoms with Crippen LogP contribution in [0.5, 0.6) is 11.5 Å². The topological polar surface area (TPSA) is 74.6 Å². The Morgan fingerprint density at radius 1 is 1.17 bits per heavy atom. The Kier molecular flexibility index (Phi) is 4.40. The van der Waals surface area contributed by atoms with Gasteiger partial charge in [-0.05, 0) is 48.0 Å². The van der Waals surface area contributed by atoms with E-state index >= 15 is 0 Å². The molecule has 5 rings (SSSR count). The van der Waals surface area contributed by atoms with Crippen molar-refractivity contribution < 1.29 is 23.4 Å². The summed E-state index contributed by atoms with van der Waals surface area (Å²) in [6.07, 6.45) is 1.56. The number of halogens is 1. The number of nitrogens with zero attached hydrogens (tertiary/aromatic N) is 2. The molecule has 1 aromatic heterocycles. The predicted molar refractivity (Wildman–Crippen MR) is 101 cm³/mol. The Hall–Kier alpha value is -3.39. The van der Waals surface area contributed by atoms with Gasteiger partial charge in [0, 0.05) is 12.1 Å².